The number of halogens is 2. The van der Waals surface area contributed by atoms with Gasteiger partial charge in [-0.25, -0.2) is 14.4 Å². The SMILES string of the molecule is CC1CNCCC1(F)c1cc(Cl)c[nH]c1=O.O=C(Cc1nc(N2CCCC2)c2oc3ccccc3c2n1)NCCO. The summed E-state index contributed by atoms with van der Waals surface area (Å²) in [6.45, 7) is 4.95. The summed E-state index contributed by atoms with van der Waals surface area (Å²) in [6.07, 6.45) is 4.01. The van der Waals surface area contributed by atoms with Crippen molar-refractivity contribution >= 4 is 45.4 Å². The number of nitrogens with zero attached hydrogens (tertiary/aromatic N) is 3. The van der Waals surface area contributed by atoms with Crippen LogP contribution >= 0.6 is 11.6 Å². The number of hydrogen-bond donors (Lipinski definition) is 4. The molecule has 10 nitrogen and oxygen atoms in total. The van der Waals surface area contributed by atoms with Gasteiger partial charge >= 0.3 is 0 Å². The third-order valence-electron chi connectivity index (χ3n) is 7.62. The van der Waals surface area contributed by atoms with Crippen LogP contribution in [-0.2, 0) is 16.9 Å². The van der Waals surface area contributed by atoms with Gasteiger partial charge in [-0.3, -0.25) is 9.59 Å². The fourth-order valence-corrected chi connectivity index (χ4v) is 5.57. The molecular formula is C29H34ClFN6O4. The molecule has 2 saturated heterocycles. The van der Waals surface area contributed by atoms with Crippen molar-refractivity contribution in [1.82, 2.24) is 25.6 Å². The molecule has 0 spiro atoms. The Morgan fingerprint density at radius 2 is 2.07 bits per heavy atom. The maximum atomic E-state index is 14.8. The van der Waals surface area contributed by atoms with Gasteiger partial charge in [0, 0.05) is 43.7 Å². The molecule has 2 unspecified atom stereocenters. The number of aromatic nitrogens is 3. The number of aromatic amines is 1. The number of rotatable bonds is 6. The number of H-pyrrole nitrogens is 1. The molecule has 0 aliphatic carbocycles. The van der Waals surface area contributed by atoms with E-state index >= 15 is 0 Å². The van der Waals surface area contributed by atoms with E-state index in [1.54, 1.807) is 6.92 Å². The summed E-state index contributed by atoms with van der Waals surface area (Å²) in [4.78, 5) is 37.5. The van der Waals surface area contributed by atoms with Crippen molar-refractivity contribution in [2.75, 3.05) is 44.2 Å². The standard InChI is InChI=1S/C18H20N4O3.C11H14ClFN2O/c23-10-7-19-15(24)11-14-20-16-12-5-1-2-6-13(12)25-17(16)18(21-14)22-8-3-4-9-22;1-7-5-14-3-2-11(7,13)9-4-8(12)6-15-10(9)16/h1-2,5-6,23H,3-4,7-11H2,(H,19,24);4,6-7,14H,2-3,5H2,1H3,(H,15,16). The van der Waals surface area contributed by atoms with E-state index in [1.165, 1.54) is 12.3 Å². The first-order valence-electron chi connectivity index (χ1n) is 13.9. The van der Waals surface area contributed by atoms with Crippen molar-refractivity contribution in [1.29, 1.82) is 0 Å². The van der Waals surface area contributed by atoms with Crippen LogP contribution in [0.25, 0.3) is 22.1 Å². The third-order valence-corrected chi connectivity index (χ3v) is 7.84. The number of furan rings is 1. The van der Waals surface area contributed by atoms with E-state index in [1.807, 2.05) is 24.3 Å². The average Bonchev–Trinajstić information content (AvgIpc) is 3.63. The number of hydrogen-bond acceptors (Lipinski definition) is 8. The average molecular weight is 585 g/mol. The second-order valence-electron chi connectivity index (χ2n) is 10.5. The van der Waals surface area contributed by atoms with E-state index in [2.05, 4.69) is 30.5 Å². The first-order valence-corrected chi connectivity index (χ1v) is 14.3. The number of carbonyl (C=O) groups is 1. The number of benzene rings is 1. The van der Waals surface area contributed by atoms with E-state index in [0.717, 1.165) is 48.2 Å². The largest absolute Gasteiger partial charge is 0.450 e. The molecule has 1 aromatic carbocycles. The highest BCUT2D eigenvalue weighted by atomic mass is 35.5. The van der Waals surface area contributed by atoms with Gasteiger partial charge in [0.25, 0.3) is 5.56 Å². The summed E-state index contributed by atoms with van der Waals surface area (Å²) in [5.41, 5.74) is 0.382. The summed E-state index contributed by atoms with van der Waals surface area (Å²) in [5, 5.41) is 15.9. The number of aliphatic hydroxyl groups excluding tert-OH is 1. The molecule has 1 amide bonds. The minimum absolute atomic E-state index is 0.0796. The Morgan fingerprint density at radius 3 is 2.83 bits per heavy atom. The monoisotopic (exact) mass is 584 g/mol. The Hall–Kier alpha value is -3.54. The van der Waals surface area contributed by atoms with Crippen molar-refractivity contribution < 1.29 is 18.7 Å². The molecule has 2 aliphatic rings. The van der Waals surface area contributed by atoms with Crippen LogP contribution in [0, 0.1) is 5.92 Å². The number of nitrogens with one attached hydrogen (secondary N) is 3. The molecule has 5 heterocycles. The molecule has 12 heteroatoms. The van der Waals surface area contributed by atoms with Gasteiger partial charge in [-0.15, -0.1) is 0 Å². The lowest BCUT2D eigenvalue weighted by molar-refractivity contribution is -0.120. The summed E-state index contributed by atoms with van der Waals surface area (Å²) in [5.74, 6) is 0.800. The molecule has 6 rings (SSSR count). The molecule has 218 valence electrons. The van der Waals surface area contributed by atoms with Gasteiger partial charge in [0.1, 0.15) is 22.6 Å². The van der Waals surface area contributed by atoms with Gasteiger partial charge in [0.05, 0.1) is 23.6 Å². The topological polar surface area (TPSA) is 136 Å². The maximum absolute atomic E-state index is 14.8. The lowest BCUT2D eigenvalue weighted by Gasteiger charge is -2.35. The molecule has 2 atom stereocenters. The van der Waals surface area contributed by atoms with Gasteiger partial charge in [-0.1, -0.05) is 30.7 Å². The molecule has 0 radical (unpaired) electrons. The molecule has 2 aliphatic heterocycles. The number of carbonyl (C=O) groups excluding carboxylic acids is 1. The predicted molar refractivity (Wildman–Crippen MR) is 156 cm³/mol. The Kier molecular flexibility index (Phi) is 8.86. The zero-order chi connectivity index (χ0) is 29.0. The highest BCUT2D eigenvalue weighted by Gasteiger charge is 2.42. The van der Waals surface area contributed by atoms with Crippen LogP contribution < -0.4 is 21.1 Å². The number of fused-ring (bicyclic) bond motifs is 3. The number of piperidine rings is 1. The van der Waals surface area contributed by atoms with Crippen LogP contribution in [0.2, 0.25) is 5.02 Å². The van der Waals surface area contributed by atoms with E-state index < -0.39 is 5.67 Å². The van der Waals surface area contributed by atoms with E-state index in [4.69, 9.17) is 21.1 Å². The normalized spacial score (nSPS) is 20.7. The van der Waals surface area contributed by atoms with Crippen LogP contribution in [-0.4, -0.2) is 65.3 Å². The first kappa shape index (κ1) is 29.0. The number of amides is 1. The molecule has 3 aromatic heterocycles. The second-order valence-corrected chi connectivity index (χ2v) is 10.9. The number of pyridine rings is 1. The van der Waals surface area contributed by atoms with Crippen LogP contribution in [0.3, 0.4) is 0 Å². The van der Waals surface area contributed by atoms with Gasteiger partial charge < -0.3 is 30.0 Å². The predicted octanol–water partition coefficient (Wildman–Crippen LogP) is 3.45. The van der Waals surface area contributed by atoms with Crippen molar-refractivity contribution in [3.63, 3.8) is 0 Å². The number of anilines is 1. The molecule has 0 saturated carbocycles. The quantitative estimate of drug-likeness (QED) is 0.271. The Balaban J connectivity index is 0.000000182. The smallest absolute Gasteiger partial charge is 0.254 e. The van der Waals surface area contributed by atoms with E-state index in [-0.39, 0.29) is 42.5 Å². The maximum Gasteiger partial charge on any atom is 0.254 e. The van der Waals surface area contributed by atoms with Crippen LogP contribution in [0.4, 0.5) is 10.2 Å². The summed E-state index contributed by atoms with van der Waals surface area (Å²) in [7, 11) is 0. The van der Waals surface area contributed by atoms with Crippen molar-refractivity contribution in [3.05, 3.63) is 63.3 Å². The minimum Gasteiger partial charge on any atom is -0.450 e. The Labute approximate surface area is 241 Å². The fourth-order valence-electron chi connectivity index (χ4n) is 5.41. The Bertz CT molecular complexity index is 1590. The minimum atomic E-state index is -1.58. The van der Waals surface area contributed by atoms with Crippen LogP contribution in [0.1, 0.15) is 37.6 Å². The third kappa shape index (κ3) is 6.22. The second kappa shape index (κ2) is 12.5. The number of alkyl halides is 1. The van der Waals surface area contributed by atoms with Gasteiger partial charge in [0.2, 0.25) is 5.91 Å². The molecule has 0 bridgehead atoms. The molecule has 4 N–H and O–H groups in total. The summed E-state index contributed by atoms with van der Waals surface area (Å²) >= 11 is 5.79. The zero-order valence-corrected chi connectivity index (χ0v) is 23.6. The first-order chi connectivity index (χ1) is 19.8. The van der Waals surface area contributed by atoms with Gasteiger partial charge in [0.15, 0.2) is 11.4 Å². The van der Waals surface area contributed by atoms with Crippen molar-refractivity contribution in [2.45, 2.75) is 38.3 Å². The highest BCUT2D eigenvalue weighted by molar-refractivity contribution is 6.30. The summed E-state index contributed by atoms with van der Waals surface area (Å²) < 4.78 is 20.8. The van der Waals surface area contributed by atoms with Crippen molar-refractivity contribution in [2.24, 2.45) is 5.92 Å². The van der Waals surface area contributed by atoms with Gasteiger partial charge in [-0.05, 0) is 44.0 Å². The zero-order valence-electron chi connectivity index (χ0n) is 22.9. The lowest BCUT2D eigenvalue weighted by Crippen LogP contribution is -2.46. The molecule has 4 aromatic rings. The van der Waals surface area contributed by atoms with Crippen LogP contribution in [0.15, 0.2) is 45.7 Å². The highest BCUT2D eigenvalue weighted by Crippen LogP contribution is 2.38. The van der Waals surface area contributed by atoms with E-state index in [9.17, 15) is 14.0 Å². The summed E-state index contributed by atoms with van der Waals surface area (Å²) in [6, 6.07) is 9.19. The van der Waals surface area contributed by atoms with Crippen LogP contribution in [0.5, 0.6) is 0 Å². The number of para-hydroxylation sites is 1. The van der Waals surface area contributed by atoms with Crippen molar-refractivity contribution in [3.8, 4) is 0 Å². The molecule has 2 fully saturated rings. The Morgan fingerprint density at radius 1 is 1.29 bits per heavy atom. The van der Waals surface area contributed by atoms with E-state index in [0.29, 0.717) is 35.9 Å². The molecular weight excluding hydrogens is 551 g/mol. The lowest BCUT2D eigenvalue weighted by atomic mass is 9.80. The fraction of sp³-hybridized carbons (Fsp3) is 0.448. The molecule has 41 heavy (non-hydrogen) atoms. The van der Waals surface area contributed by atoms with Gasteiger partial charge in [-0.2, -0.15) is 0 Å². The number of aliphatic hydroxyl groups is 1.